The van der Waals surface area contributed by atoms with E-state index in [2.05, 4.69) is 22.8 Å². The molecule has 1 saturated heterocycles. The minimum absolute atomic E-state index is 0.638. The van der Waals surface area contributed by atoms with Gasteiger partial charge in [0.2, 0.25) is 0 Å². The first kappa shape index (κ1) is 14.4. The Morgan fingerprint density at radius 3 is 2.29 bits per heavy atom. The standard InChI is InChI=1S/C13H26N4/c1-3-16-8-10-17(11-9-16)7-5-4-6-13(2,15)12-14/h3-11,15H2,1-2H3. The van der Waals surface area contributed by atoms with Crippen molar-refractivity contribution in [3.63, 3.8) is 0 Å². The van der Waals surface area contributed by atoms with Gasteiger partial charge < -0.3 is 15.5 Å². The maximum Gasteiger partial charge on any atom is 0.101 e. The van der Waals surface area contributed by atoms with Crippen LogP contribution in [0, 0.1) is 11.3 Å². The second-order valence-electron chi connectivity index (χ2n) is 5.26. The van der Waals surface area contributed by atoms with Crippen LogP contribution < -0.4 is 5.73 Å². The van der Waals surface area contributed by atoms with Gasteiger partial charge in [0.1, 0.15) is 5.54 Å². The third-order valence-electron chi connectivity index (χ3n) is 3.59. The van der Waals surface area contributed by atoms with Crippen molar-refractivity contribution in [1.82, 2.24) is 9.80 Å². The van der Waals surface area contributed by atoms with Crippen molar-refractivity contribution < 1.29 is 0 Å². The van der Waals surface area contributed by atoms with Gasteiger partial charge in [-0.2, -0.15) is 5.26 Å². The van der Waals surface area contributed by atoms with E-state index in [0.717, 1.165) is 25.8 Å². The van der Waals surface area contributed by atoms with Gasteiger partial charge in [-0.3, -0.25) is 0 Å². The van der Waals surface area contributed by atoms with E-state index >= 15 is 0 Å². The highest BCUT2D eigenvalue weighted by atomic mass is 15.3. The highest BCUT2D eigenvalue weighted by Gasteiger charge is 2.17. The smallest absolute Gasteiger partial charge is 0.101 e. The second kappa shape index (κ2) is 6.95. The first-order valence-corrected chi connectivity index (χ1v) is 6.72. The summed E-state index contributed by atoms with van der Waals surface area (Å²) in [5.41, 5.74) is 5.15. The zero-order valence-electron chi connectivity index (χ0n) is 11.3. The van der Waals surface area contributed by atoms with Crippen LogP contribution in [0.4, 0.5) is 0 Å². The molecule has 0 bridgehead atoms. The van der Waals surface area contributed by atoms with Crippen molar-refractivity contribution in [3.8, 4) is 6.07 Å². The lowest BCUT2D eigenvalue weighted by molar-refractivity contribution is 0.135. The molecule has 2 N–H and O–H groups in total. The van der Waals surface area contributed by atoms with E-state index in [9.17, 15) is 0 Å². The zero-order valence-corrected chi connectivity index (χ0v) is 11.3. The van der Waals surface area contributed by atoms with E-state index in [0.29, 0.717) is 0 Å². The fourth-order valence-electron chi connectivity index (χ4n) is 2.21. The summed E-state index contributed by atoms with van der Waals surface area (Å²) in [4.78, 5) is 5.01. The summed E-state index contributed by atoms with van der Waals surface area (Å²) in [5.74, 6) is 0. The van der Waals surface area contributed by atoms with Crippen molar-refractivity contribution in [2.45, 2.75) is 38.6 Å². The predicted molar refractivity (Wildman–Crippen MR) is 70.6 cm³/mol. The lowest BCUT2D eigenvalue weighted by atomic mass is 9.98. The van der Waals surface area contributed by atoms with Gasteiger partial charge in [0.05, 0.1) is 6.07 Å². The fraction of sp³-hybridized carbons (Fsp3) is 0.923. The number of nitrogens with zero attached hydrogens (tertiary/aromatic N) is 3. The molecule has 17 heavy (non-hydrogen) atoms. The van der Waals surface area contributed by atoms with Crippen molar-refractivity contribution in [1.29, 1.82) is 5.26 Å². The Balaban J connectivity index is 2.07. The molecule has 4 nitrogen and oxygen atoms in total. The maximum atomic E-state index is 8.81. The zero-order chi connectivity index (χ0) is 12.7. The van der Waals surface area contributed by atoms with Gasteiger partial charge in [-0.25, -0.2) is 0 Å². The van der Waals surface area contributed by atoms with Crippen molar-refractivity contribution in [2.75, 3.05) is 39.3 Å². The molecule has 0 amide bonds. The lowest BCUT2D eigenvalue weighted by Crippen LogP contribution is -2.46. The molecule has 1 fully saturated rings. The number of nitrogens with two attached hydrogens (primary N) is 1. The Hall–Kier alpha value is -0.630. The number of hydrogen-bond acceptors (Lipinski definition) is 4. The number of rotatable bonds is 6. The molecule has 0 radical (unpaired) electrons. The summed E-state index contributed by atoms with van der Waals surface area (Å²) in [5, 5.41) is 8.81. The number of unbranched alkanes of at least 4 members (excludes halogenated alkanes) is 1. The van der Waals surface area contributed by atoms with Crippen LogP contribution in [0.15, 0.2) is 0 Å². The normalized spacial score (nSPS) is 22.0. The van der Waals surface area contributed by atoms with E-state index in [1.807, 2.05) is 6.92 Å². The SMILES string of the molecule is CCN1CCN(CCCCC(C)(N)C#N)CC1. The molecular formula is C13H26N4. The van der Waals surface area contributed by atoms with E-state index in [-0.39, 0.29) is 0 Å². The molecule has 0 aromatic rings. The van der Waals surface area contributed by atoms with Gasteiger partial charge in [-0.15, -0.1) is 0 Å². The van der Waals surface area contributed by atoms with Gasteiger partial charge in [0.15, 0.2) is 0 Å². The molecule has 0 aromatic carbocycles. The molecule has 1 aliphatic heterocycles. The summed E-state index contributed by atoms with van der Waals surface area (Å²) in [6.07, 6.45) is 3.01. The van der Waals surface area contributed by atoms with Crippen LogP contribution in [0.25, 0.3) is 0 Å². The van der Waals surface area contributed by atoms with E-state index in [1.54, 1.807) is 0 Å². The Labute approximate surface area is 105 Å². The van der Waals surface area contributed by atoms with Crippen LogP contribution in [0.1, 0.15) is 33.1 Å². The molecule has 98 valence electrons. The van der Waals surface area contributed by atoms with E-state index in [4.69, 9.17) is 11.0 Å². The van der Waals surface area contributed by atoms with E-state index < -0.39 is 5.54 Å². The Bertz CT molecular complexity index is 249. The highest BCUT2D eigenvalue weighted by molar-refractivity contribution is 5.00. The number of nitriles is 1. The number of piperazine rings is 1. The van der Waals surface area contributed by atoms with Crippen molar-refractivity contribution >= 4 is 0 Å². The average molecular weight is 238 g/mol. The Kier molecular flexibility index (Phi) is 5.90. The van der Waals surface area contributed by atoms with Gasteiger partial charge in [0.25, 0.3) is 0 Å². The van der Waals surface area contributed by atoms with Crippen molar-refractivity contribution in [3.05, 3.63) is 0 Å². The molecule has 1 atom stereocenters. The molecule has 1 heterocycles. The minimum atomic E-state index is -0.638. The monoisotopic (exact) mass is 238 g/mol. The molecule has 0 saturated carbocycles. The predicted octanol–water partition coefficient (Wildman–Crippen LogP) is 1.04. The summed E-state index contributed by atoms with van der Waals surface area (Å²) in [7, 11) is 0. The van der Waals surface area contributed by atoms with Gasteiger partial charge in [-0.1, -0.05) is 6.92 Å². The van der Waals surface area contributed by atoms with Crippen LogP contribution in [-0.2, 0) is 0 Å². The quantitative estimate of drug-likeness (QED) is 0.702. The molecular weight excluding hydrogens is 212 g/mol. The summed E-state index contributed by atoms with van der Waals surface area (Å²) in [6, 6.07) is 2.15. The van der Waals surface area contributed by atoms with E-state index in [1.165, 1.54) is 32.7 Å². The van der Waals surface area contributed by atoms with Gasteiger partial charge >= 0.3 is 0 Å². The fourth-order valence-corrected chi connectivity index (χ4v) is 2.21. The third kappa shape index (κ3) is 5.49. The van der Waals surface area contributed by atoms with Crippen LogP contribution in [0.2, 0.25) is 0 Å². The molecule has 0 aliphatic carbocycles. The number of likely N-dealkylation sites (N-methyl/N-ethyl adjacent to an activating group) is 1. The molecule has 1 rings (SSSR count). The molecule has 1 aliphatic rings. The Morgan fingerprint density at radius 1 is 1.18 bits per heavy atom. The molecule has 0 spiro atoms. The second-order valence-corrected chi connectivity index (χ2v) is 5.26. The minimum Gasteiger partial charge on any atom is -0.314 e. The van der Waals surface area contributed by atoms with Crippen LogP contribution in [-0.4, -0.2) is 54.6 Å². The Morgan fingerprint density at radius 2 is 1.76 bits per heavy atom. The molecule has 0 aromatic heterocycles. The number of hydrogen-bond donors (Lipinski definition) is 1. The van der Waals surface area contributed by atoms with Crippen LogP contribution in [0.3, 0.4) is 0 Å². The van der Waals surface area contributed by atoms with Crippen LogP contribution >= 0.6 is 0 Å². The lowest BCUT2D eigenvalue weighted by Gasteiger charge is -2.34. The largest absolute Gasteiger partial charge is 0.314 e. The van der Waals surface area contributed by atoms with Gasteiger partial charge in [0, 0.05) is 26.2 Å². The highest BCUT2D eigenvalue weighted by Crippen LogP contribution is 2.10. The molecule has 1 unspecified atom stereocenters. The first-order chi connectivity index (χ1) is 8.07. The summed E-state index contributed by atoms with van der Waals surface area (Å²) in [6.45, 7) is 11.1. The first-order valence-electron chi connectivity index (χ1n) is 6.72. The van der Waals surface area contributed by atoms with Crippen LogP contribution in [0.5, 0.6) is 0 Å². The third-order valence-corrected chi connectivity index (χ3v) is 3.59. The molecule has 4 heteroatoms. The topological polar surface area (TPSA) is 56.3 Å². The maximum absolute atomic E-state index is 8.81. The van der Waals surface area contributed by atoms with Gasteiger partial charge in [-0.05, 0) is 39.3 Å². The van der Waals surface area contributed by atoms with Crippen molar-refractivity contribution in [2.24, 2.45) is 5.73 Å². The summed E-state index contributed by atoms with van der Waals surface area (Å²) >= 11 is 0. The average Bonchev–Trinajstić information content (AvgIpc) is 2.35. The summed E-state index contributed by atoms with van der Waals surface area (Å²) < 4.78 is 0.